The number of halogens is 4. The van der Waals surface area contributed by atoms with Crippen LogP contribution in [0.1, 0.15) is 27.5 Å². The molecule has 0 radical (unpaired) electrons. The van der Waals surface area contributed by atoms with Crippen LogP contribution < -0.4 is 0 Å². The highest BCUT2D eigenvalue weighted by molar-refractivity contribution is 6.30. The summed E-state index contributed by atoms with van der Waals surface area (Å²) < 4.78 is 40.8. The van der Waals surface area contributed by atoms with Crippen LogP contribution in [-0.4, -0.2) is 41.9 Å². The van der Waals surface area contributed by atoms with Crippen LogP contribution in [0.5, 0.6) is 0 Å². The van der Waals surface area contributed by atoms with Gasteiger partial charge >= 0.3 is 0 Å². The Morgan fingerprint density at radius 2 is 1.35 bits per heavy atom. The van der Waals surface area contributed by atoms with Crippen molar-refractivity contribution in [2.75, 3.05) is 26.2 Å². The van der Waals surface area contributed by atoms with Crippen molar-refractivity contribution in [1.29, 1.82) is 0 Å². The van der Waals surface area contributed by atoms with E-state index in [1.165, 1.54) is 4.90 Å². The Kier molecular flexibility index (Phi) is 6.30. The topological polar surface area (TPSA) is 23.6 Å². The highest BCUT2D eigenvalue weighted by atomic mass is 35.5. The summed E-state index contributed by atoms with van der Waals surface area (Å²) in [6.45, 7) is 1.76. The van der Waals surface area contributed by atoms with E-state index in [0.29, 0.717) is 43.3 Å². The van der Waals surface area contributed by atoms with Gasteiger partial charge in [0.1, 0.15) is 5.82 Å². The fourth-order valence-electron chi connectivity index (χ4n) is 3.93. The third-order valence-electron chi connectivity index (χ3n) is 5.51. The first kappa shape index (κ1) is 21.4. The van der Waals surface area contributed by atoms with Crippen molar-refractivity contribution in [3.63, 3.8) is 0 Å². The Morgan fingerprint density at radius 3 is 2.00 bits per heavy atom. The van der Waals surface area contributed by atoms with Gasteiger partial charge in [-0.25, -0.2) is 13.2 Å². The summed E-state index contributed by atoms with van der Waals surface area (Å²) in [6, 6.07) is 18.7. The normalized spacial score (nSPS) is 15.7. The average molecular weight is 445 g/mol. The zero-order valence-electron chi connectivity index (χ0n) is 16.6. The molecule has 0 unspecified atom stereocenters. The molecule has 4 rings (SSSR count). The molecule has 3 aromatic carbocycles. The summed E-state index contributed by atoms with van der Waals surface area (Å²) in [5.74, 6) is -4.25. The summed E-state index contributed by atoms with van der Waals surface area (Å²) in [5, 5.41) is 0.652. The fraction of sp³-hybridized carbons (Fsp3) is 0.208. The minimum atomic E-state index is -1.31. The molecule has 1 fully saturated rings. The molecule has 1 aliphatic heterocycles. The third-order valence-corrected chi connectivity index (χ3v) is 5.76. The lowest BCUT2D eigenvalue weighted by Crippen LogP contribution is -2.50. The molecule has 0 aromatic heterocycles. The molecule has 1 atom stereocenters. The summed E-state index contributed by atoms with van der Waals surface area (Å²) in [4.78, 5) is 16.4. The van der Waals surface area contributed by atoms with Crippen LogP contribution in [0.3, 0.4) is 0 Å². The molecule has 0 spiro atoms. The van der Waals surface area contributed by atoms with Crippen LogP contribution >= 0.6 is 11.6 Å². The third kappa shape index (κ3) is 4.60. The van der Waals surface area contributed by atoms with E-state index in [0.717, 1.165) is 11.1 Å². The molecule has 31 heavy (non-hydrogen) atoms. The van der Waals surface area contributed by atoms with Gasteiger partial charge < -0.3 is 4.90 Å². The molecular formula is C24H20ClF3N2O. The van der Waals surface area contributed by atoms with Crippen LogP contribution in [0.4, 0.5) is 13.2 Å². The second kappa shape index (κ2) is 9.12. The Bertz CT molecular complexity index is 1070. The van der Waals surface area contributed by atoms with Gasteiger partial charge in [-0.2, -0.15) is 0 Å². The van der Waals surface area contributed by atoms with Crippen LogP contribution in [-0.2, 0) is 0 Å². The van der Waals surface area contributed by atoms with E-state index in [2.05, 4.69) is 4.90 Å². The lowest BCUT2D eigenvalue weighted by atomic mass is 9.96. The minimum absolute atomic E-state index is 0.0317. The summed E-state index contributed by atoms with van der Waals surface area (Å²) in [7, 11) is 0. The number of benzene rings is 3. The molecule has 1 heterocycles. The van der Waals surface area contributed by atoms with Crippen LogP contribution in [0.15, 0.2) is 66.7 Å². The Hall–Kier alpha value is -2.83. The standard InChI is InChI=1S/C24H20ClF3N2O/c25-18-8-6-17(7-9-18)23(16-4-2-1-3-5-16)29-10-12-30(13-11-29)24(31)19-14-21(27)22(28)15-20(19)26/h1-9,14-15,23H,10-13H2/t23-/m1/s1. The fourth-order valence-corrected chi connectivity index (χ4v) is 4.06. The lowest BCUT2D eigenvalue weighted by Gasteiger charge is -2.39. The highest BCUT2D eigenvalue weighted by Gasteiger charge is 2.30. The molecule has 1 amide bonds. The van der Waals surface area contributed by atoms with Crippen molar-refractivity contribution in [1.82, 2.24) is 9.80 Å². The van der Waals surface area contributed by atoms with Gasteiger partial charge in [0.15, 0.2) is 11.6 Å². The van der Waals surface area contributed by atoms with E-state index in [9.17, 15) is 18.0 Å². The zero-order chi connectivity index (χ0) is 22.0. The van der Waals surface area contributed by atoms with Crippen molar-refractivity contribution in [3.8, 4) is 0 Å². The Balaban J connectivity index is 1.53. The molecule has 160 valence electrons. The van der Waals surface area contributed by atoms with Gasteiger partial charge in [0.05, 0.1) is 11.6 Å². The van der Waals surface area contributed by atoms with E-state index < -0.39 is 28.9 Å². The monoisotopic (exact) mass is 444 g/mol. The number of nitrogens with zero attached hydrogens (tertiary/aromatic N) is 2. The molecule has 1 aliphatic rings. The first-order valence-corrected chi connectivity index (χ1v) is 10.3. The van der Waals surface area contributed by atoms with Gasteiger partial charge in [0.2, 0.25) is 0 Å². The van der Waals surface area contributed by atoms with E-state index in [-0.39, 0.29) is 6.04 Å². The maximum Gasteiger partial charge on any atom is 0.257 e. The van der Waals surface area contributed by atoms with Crippen LogP contribution in [0.25, 0.3) is 0 Å². The van der Waals surface area contributed by atoms with Gasteiger partial charge in [0.25, 0.3) is 5.91 Å². The summed E-state index contributed by atoms with van der Waals surface area (Å²) >= 11 is 6.06. The molecule has 1 saturated heterocycles. The molecule has 3 nitrogen and oxygen atoms in total. The summed E-state index contributed by atoms with van der Waals surface area (Å²) in [6.07, 6.45) is 0. The van der Waals surface area contributed by atoms with E-state index in [1.807, 2.05) is 54.6 Å². The summed E-state index contributed by atoms with van der Waals surface area (Å²) in [5.41, 5.74) is 1.72. The minimum Gasteiger partial charge on any atom is -0.336 e. The van der Waals surface area contributed by atoms with Crippen LogP contribution in [0.2, 0.25) is 5.02 Å². The number of piperazine rings is 1. The zero-order valence-corrected chi connectivity index (χ0v) is 17.3. The molecule has 0 saturated carbocycles. The molecule has 0 bridgehead atoms. The van der Waals surface area contributed by atoms with Crippen LogP contribution in [0, 0.1) is 17.5 Å². The Labute approximate surface area is 183 Å². The second-order valence-corrected chi connectivity index (χ2v) is 7.88. The predicted octanol–water partition coefficient (Wildman–Crippen LogP) is 5.30. The van der Waals surface area contributed by atoms with Crippen molar-refractivity contribution in [3.05, 3.63) is 106 Å². The number of hydrogen-bond acceptors (Lipinski definition) is 2. The number of hydrogen-bond donors (Lipinski definition) is 0. The average Bonchev–Trinajstić information content (AvgIpc) is 2.78. The predicted molar refractivity (Wildman–Crippen MR) is 114 cm³/mol. The molecule has 3 aromatic rings. The van der Waals surface area contributed by atoms with Gasteiger partial charge in [0, 0.05) is 37.3 Å². The van der Waals surface area contributed by atoms with E-state index in [4.69, 9.17) is 11.6 Å². The second-order valence-electron chi connectivity index (χ2n) is 7.44. The lowest BCUT2D eigenvalue weighted by molar-refractivity contribution is 0.0592. The molecule has 0 N–H and O–H groups in total. The number of carbonyl (C=O) groups is 1. The molecule has 0 aliphatic carbocycles. The largest absolute Gasteiger partial charge is 0.336 e. The SMILES string of the molecule is O=C(c1cc(F)c(F)cc1F)N1CCN([C@H](c2ccccc2)c2ccc(Cl)cc2)CC1. The first-order chi connectivity index (χ1) is 14.9. The van der Waals surface area contributed by atoms with Gasteiger partial charge in [-0.1, -0.05) is 54.1 Å². The first-order valence-electron chi connectivity index (χ1n) is 9.92. The van der Waals surface area contributed by atoms with E-state index >= 15 is 0 Å². The number of carbonyl (C=O) groups excluding carboxylic acids is 1. The van der Waals surface area contributed by atoms with Gasteiger partial charge in [-0.05, 0) is 29.3 Å². The Morgan fingerprint density at radius 1 is 0.774 bits per heavy atom. The smallest absolute Gasteiger partial charge is 0.257 e. The quantitative estimate of drug-likeness (QED) is 0.509. The van der Waals surface area contributed by atoms with Gasteiger partial charge in [-0.3, -0.25) is 9.69 Å². The van der Waals surface area contributed by atoms with Crippen molar-refractivity contribution < 1.29 is 18.0 Å². The van der Waals surface area contributed by atoms with Gasteiger partial charge in [-0.15, -0.1) is 0 Å². The molecule has 7 heteroatoms. The van der Waals surface area contributed by atoms with Crippen molar-refractivity contribution >= 4 is 17.5 Å². The number of amides is 1. The maximum atomic E-state index is 14.0. The maximum absolute atomic E-state index is 14.0. The number of rotatable bonds is 4. The van der Waals surface area contributed by atoms with Crippen molar-refractivity contribution in [2.45, 2.75) is 6.04 Å². The van der Waals surface area contributed by atoms with E-state index in [1.54, 1.807) is 0 Å². The highest BCUT2D eigenvalue weighted by Crippen LogP contribution is 2.30. The van der Waals surface area contributed by atoms with Crippen molar-refractivity contribution in [2.24, 2.45) is 0 Å². The molecular weight excluding hydrogens is 425 g/mol.